The smallest absolute Gasteiger partial charge is 0.227 e. The number of hydrogen-bond acceptors (Lipinski definition) is 4. The number of carbonyl (C=O) groups excluding carboxylic acids is 1. The van der Waals surface area contributed by atoms with Crippen molar-refractivity contribution in [3.05, 3.63) is 28.5 Å². The lowest BCUT2D eigenvalue weighted by Crippen LogP contribution is -2.52. The highest BCUT2D eigenvalue weighted by molar-refractivity contribution is 6.32. The van der Waals surface area contributed by atoms with E-state index in [9.17, 15) is 4.79 Å². The molecule has 0 spiro atoms. The molecule has 3 atom stereocenters. The number of halogens is 2. The van der Waals surface area contributed by atoms with Crippen molar-refractivity contribution in [2.45, 2.75) is 51.7 Å². The highest BCUT2D eigenvalue weighted by Gasteiger charge is 2.36. The lowest BCUT2D eigenvalue weighted by atomic mass is 9.82. The average Bonchev–Trinajstić information content (AvgIpc) is 2.97. The van der Waals surface area contributed by atoms with Gasteiger partial charge in [-0.05, 0) is 43.9 Å². The van der Waals surface area contributed by atoms with E-state index in [1.54, 1.807) is 6.07 Å². The Bertz CT molecular complexity index is 836. The number of rotatable bonds is 3. The maximum Gasteiger partial charge on any atom is 0.227 e. The molecule has 0 unspecified atom stereocenters. The van der Waals surface area contributed by atoms with Gasteiger partial charge in [-0.2, -0.15) is 0 Å². The summed E-state index contributed by atoms with van der Waals surface area (Å²) in [6, 6.07) is 3.95. The molecule has 2 aliphatic rings. The second kappa shape index (κ2) is 8.39. The molecule has 5 nitrogen and oxygen atoms in total. The third-order valence-corrected chi connectivity index (χ3v) is 5.90. The summed E-state index contributed by atoms with van der Waals surface area (Å²) in [7, 11) is 0. The fourth-order valence-electron chi connectivity index (χ4n) is 4.25. The molecule has 148 valence electrons. The van der Waals surface area contributed by atoms with E-state index < -0.39 is 0 Å². The summed E-state index contributed by atoms with van der Waals surface area (Å²) < 4.78 is 11.8. The Labute approximate surface area is 170 Å². The second-order valence-corrected chi connectivity index (χ2v) is 7.74. The molecule has 2 aromatic rings. The SMILES string of the molecule is CCc1oc2c(NC(=O)[C@H]3CC[C@H]4OCCN[C@@H]4C3)cc(Cl)cc2c1C.Cl. The van der Waals surface area contributed by atoms with Gasteiger partial charge in [0.15, 0.2) is 5.58 Å². The molecule has 27 heavy (non-hydrogen) atoms. The third-order valence-electron chi connectivity index (χ3n) is 5.68. The van der Waals surface area contributed by atoms with E-state index in [0.717, 1.165) is 55.5 Å². The quantitative estimate of drug-likeness (QED) is 0.779. The standard InChI is InChI=1S/C20H25ClN2O3.ClH/c1-3-17-11(2)14-9-13(21)10-16(19(14)26-17)23-20(24)12-4-5-18-15(8-12)22-6-7-25-18;/h9-10,12,15,18,22H,3-8H2,1-2H3,(H,23,24);1H/t12-,15+,18+;/m0./s1. The zero-order chi connectivity index (χ0) is 18.3. The van der Waals surface area contributed by atoms with Crippen LogP contribution in [-0.4, -0.2) is 31.2 Å². The fourth-order valence-corrected chi connectivity index (χ4v) is 4.47. The van der Waals surface area contributed by atoms with Crippen molar-refractivity contribution >= 4 is 46.6 Å². The minimum atomic E-state index is -0.0267. The molecule has 2 heterocycles. The van der Waals surface area contributed by atoms with Gasteiger partial charge in [0.1, 0.15) is 5.76 Å². The van der Waals surface area contributed by atoms with Crippen LogP contribution in [0.25, 0.3) is 11.0 Å². The van der Waals surface area contributed by atoms with Crippen molar-refractivity contribution in [3.8, 4) is 0 Å². The summed E-state index contributed by atoms with van der Waals surface area (Å²) in [5, 5.41) is 8.12. The van der Waals surface area contributed by atoms with Gasteiger partial charge in [-0.3, -0.25) is 4.79 Å². The van der Waals surface area contributed by atoms with Crippen molar-refractivity contribution in [1.82, 2.24) is 5.32 Å². The van der Waals surface area contributed by atoms with Crippen molar-refractivity contribution in [3.63, 3.8) is 0 Å². The number of anilines is 1. The molecule has 2 fully saturated rings. The summed E-state index contributed by atoms with van der Waals surface area (Å²) in [5.41, 5.74) is 2.46. The number of fused-ring (bicyclic) bond motifs is 2. The van der Waals surface area contributed by atoms with Crippen LogP contribution >= 0.6 is 24.0 Å². The maximum atomic E-state index is 12.9. The second-order valence-electron chi connectivity index (χ2n) is 7.30. The summed E-state index contributed by atoms with van der Waals surface area (Å²) >= 11 is 6.29. The summed E-state index contributed by atoms with van der Waals surface area (Å²) in [4.78, 5) is 12.9. The molecule has 1 saturated carbocycles. The van der Waals surface area contributed by atoms with Gasteiger partial charge in [0.2, 0.25) is 5.91 Å². The van der Waals surface area contributed by atoms with Crippen LogP contribution in [0.1, 0.15) is 37.5 Å². The van der Waals surface area contributed by atoms with Gasteiger partial charge < -0.3 is 19.8 Å². The number of ether oxygens (including phenoxy) is 1. The van der Waals surface area contributed by atoms with Gasteiger partial charge in [-0.25, -0.2) is 0 Å². The summed E-state index contributed by atoms with van der Waals surface area (Å²) in [6.07, 6.45) is 3.61. The Morgan fingerprint density at radius 1 is 1.37 bits per heavy atom. The predicted molar refractivity (Wildman–Crippen MR) is 110 cm³/mol. The van der Waals surface area contributed by atoms with Crippen molar-refractivity contribution in [2.75, 3.05) is 18.5 Å². The Hall–Kier alpha value is -1.27. The third kappa shape index (κ3) is 3.97. The first-order valence-electron chi connectivity index (χ1n) is 9.44. The number of benzene rings is 1. The molecule has 2 N–H and O–H groups in total. The summed E-state index contributed by atoms with van der Waals surface area (Å²) in [6.45, 7) is 5.71. The van der Waals surface area contributed by atoms with Crippen LogP contribution in [0.5, 0.6) is 0 Å². The molecule has 4 rings (SSSR count). The normalized spacial score (nSPS) is 24.9. The number of amides is 1. The van der Waals surface area contributed by atoms with Crippen LogP contribution in [0, 0.1) is 12.8 Å². The van der Waals surface area contributed by atoms with Gasteiger partial charge in [0.25, 0.3) is 0 Å². The van der Waals surface area contributed by atoms with E-state index in [2.05, 4.69) is 17.6 Å². The largest absolute Gasteiger partial charge is 0.459 e. The van der Waals surface area contributed by atoms with Crippen LogP contribution in [0.4, 0.5) is 5.69 Å². The monoisotopic (exact) mass is 412 g/mol. The molecular formula is C20H26Cl2N2O3. The topological polar surface area (TPSA) is 63.5 Å². The minimum absolute atomic E-state index is 0. The molecule has 7 heteroatoms. The van der Waals surface area contributed by atoms with E-state index in [-0.39, 0.29) is 36.4 Å². The molecule has 1 aliphatic carbocycles. The number of morpholine rings is 1. The van der Waals surface area contributed by atoms with Crippen LogP contribution in [-0.2, 0) is 16.0 Å². The first kappa shape index (κ1) is 20.5. The van der Waals surface area contributed by atoms with E-state index in [0.29, 0.717) is 16.3 Å². The Balaban J connectivity index is 0.00000210. The Morgan fingerprint density at radius 2 is 2.19 bits per heavy atom. The molecule has 0 radical (unpaired) electrons. The van der Waals surface area contributed by atoms with Gasteiger partial charge in [-0.1, -0.05) is 18.5 Å². The lowest BCUT2D eigenvalue weighted by Gasteiger charge is -2.39. The molecule has 1 aromatic heterocycles. The Kier molecular flexibility index (Phi) is 6.36. The van der Waals surface area contributed by atoms with Crippen LogP contribution in [0.15, 0.2) is 16.5 Å². The van der Waals surface area contributed by atoms with Crippen molar-refractivity contribution in [2.24, 2.45) is 5.92 Å². The Morgan fingerprint density at radius 3 is 2.96 bits per heavy atom. The lowest BCUT2D eigenvalue weighted by molar-refractivity contribution is -0.123. The van der Waals surface area contributed by atoms with E-state index in [1.165, 1.54) is 0 Å². The van der Waals surface area contributed by atoms with Crippen LogP contribution in [0.3, 0.4) is 0 Å². The first-order valence-corrected chi connectivity index (χ1v) is 9.82. The zero-order valence-electron chi connectivity index (χ0n) is 15.6. The molecule has 0 bridgehead atoms. The van der Waals surface area contributed by atoms with Gasteiger partial charge in [0, 0.05) is 35.3 Å². The van der Waals surface area contributed by atoms with E-state index in [4.69, 9.17) is 20.8 Å². The number of furan rings is 1. The zero-order valence-corrected chi connectivity index (χ0v) is 17.2. The fraction of sp³-hybridized carbons (Fsp3) is 0.550. The maximum absolute atomic E-state index is 12.9. The van der Waals surface area contributed by atoms with Crippen molar-refractivity contribution in [1.29, 1.82) is 0 Å². The number of carbonyl (C=O) groups is 1. The number of aryl methyl sites for hydroxylation is 2. The van der Waals surface area contributed by atoms with Gasteiger partial charge in [-0.15, -0.1) is 12.4 Å². The molecule has 1 saturated heterocycles. The van der Waals surface area contributed by atoms with Crippen LogP contribution in [0.2, 0.25) is 5.02 Å². The van der Waals surface area contributed by atoms with E-state index >= 15 is 0 Å². The molecule has 1 aliphatic heterocycles. The van der Waals surface area contributed by atoms with Crippen LogP contribution < -0.4 is 10.6 Å². The minimum Gasteiger partial charge on any atom is -0.459 e. The average molecular weight is 413 g/mol. The molecule has 1 amide bonds. The van der Waals surface area contributed by atoms with Crippen molar-refractivity contribution < 1.29 is 13.9 Å². The van der Waals surface area contributed by atoms with Gasteiger partial charge >= 0.3 is 0 Å². The number of nitrogens with one attached hydrogen (secondary N) is 2. The molecular weight excluding hydrogens is 387 g/mol. The number of hydrogen-bond donors (Lipinski definition) is 2. The molecule has 1 aromatic carbocycles. The first-order chi connectivity index (χ1) is 12.6. The predicted octanol–water partition coefficient (Wildman–Crippen LogP) is 4.47. The van der Waals surface area contributed by atoms with Gasteiger partial charge in [0.05, 0.1) is 18.4 Å². The summed E-state index contributed by atoms with van der Waals surface area (Å²) in [5.74, 6) is 0.939. The highest BCUT2D eigenvalue weighted by atomic mass is 35.5. The van der Waals surface area contributed by atoms with E-state index in [1.807, 2.05) is 13.0 Å². The highest BCUT2D eigenvalue weighted by Crippen LogP contribution is 2.35.